The van der Waals surface area contributed by atoms with Crippen LogP contribution in [0.4, 0.5) is 4.79 Å². The standard InChI is InChI=1S/C23H23N3O5/c27-21(25-10-9-16-3-1-2-4-17(16)13-25)8-6-18-22(28)26(23(29)24-18)12-15-5-7-19-20(11-15)31-14-30-19/h1-5,7,11,18H,6,8-10,12-14H2,(H,24,29). The summed E-state index contributed by atoms with van der Waals surface area (Å²) in [6, 6.07) is 12.4. The maximum absolute atomic E-state index is 12.8. The number of fused-ring (bicyclic) bond motifs is 2. The Hall–Kier alpha value is -3.55. The highest BCUT2D eigenvalue weighted by Gasteiger charge is 2.38. The van der Waals surface area contributed by atoms with E-state index in [9.17, 15) is 14.4 Å². The number of amides is 4. The summed E-state index contributed by atoms with van der Waals surface area (Å²) in [4.78, 5) is 40.8. The van der Waals surface area contributed by atoms with Crippen LogP contribution in [0.15, 0.2) is 42.5 Å². The zero-order valence-corrected chi connectivity index (χ0v) is 17.0. The van der Waals surface area contributed by atoms with Gasteiger partial charge < -0.3 is 19.7 Å². The Morgan fingerprint density at radius 3 is 2.74 bits per heavy atom. The van der Waals surface area contributed by atoms with Crippen molar-refractivity contribution in [1.82, 2.24) is 15.1 Å². The molecule has 4 amide bonds. The number of hydrogen-bond acceptors (Lipinski definition) is 5. The lowest BCUT2D eigenvalue weighted by Gasteiger charge is -2.29. The van der Waals surface area contributed by atoms with Gasteiger partial charge >= 0.3 is 6.03 Å². The van der Waals surface area contributed by atoms with Gasteiger partial charge in [-0.05, 0) is 41.7 Å². The summed E-state index contributed by atoms with van der Waals surface area (Å²) >= 11 is 0. The quantitative estimate of drug-likeness (QED) is 0.748. The largest absolute Gasteiger partial charge is 0.454 e. The smallest absolute Gasteiger partial charge is 0.325 e. The van der Waals surface area contributed by atoms with Gasteiger partial charge in [0.2, 0.25) is 12.7 Å². The molecule has 3 aliphatic heterocycles. The van der Waals surface area contributed by atoms with Crippen LogP contribution in [0, 0.1) is 0 Å². The Morgan fingerprint density at radius 2 is 1.87 bits per heavy atom. The fourth-order valence-corrected chi connectivity index (χ4v) is 4.28. The van der Waals surface area contributed by atoms with E-state index in [1.807, 2.05) is 23.1 Å². The fourth-order valence-electron chi connectivity index (χ4n) is 4.28. The van der Waals surface area contributed by atoms with Crippen LogP contribution in [0.1, 0.15) is 29.5 Å². The first kappa shape index (κ1) is 19.4. The molecule has 2 aromatic rings. The Balaban J connectivity index is 1.17. The zero-order valence-electron chi connectivity index (χ0n) is 17.0. The SMILES string of the molecule is O=C(CCC1NC(=O)N(Cc2ccc3c(c2)OCO3)C1=O)N1CCc2ccccc2C1. The molecule has 1 saturated heterocycles. The minimum absolute atomic E-state index is 0.00535. The van der Waals surface area contributed by atoms with Gasteiger partial charge in [-0.1, -0.05) is 30.3 Å². The molecular weight excluding hydrogens is 398 g/mol. The van der Waals surface area contributed by atoms with Crippen molar-refractivity contribution in [2.24, 2.45) is 0 Å². The van der Waals surface area contributed by atoms with Crippen molar-refractivity contribution >= 4 is 17.8 Å². The van der Waals surface area contributed by atoms with Gasteiger partial charge in [0, 0.05) is 19.5 Å². The average Bonchev–Trinajstić information content (AvgIpc) is 3.36. The van der Waals surface area contributed by atoms with Gasteiger partial charge in [0.15, 0.2) is 11.5 Å². The second-order valence-electron chi connectivity index (χ2n) is 7.99. The van der Waals surface area contributed by atoms with E-state index < -0.39 is 12.1 Å². The lowest BCUT2D eigenvalue weighted by molar-refractivity contribution is -0.132. The highest BCUT2D eigenvalue weighted by atomic mass is 16.7. The van der Waals surface area contributed by atoms with E-state index in [1.165, 1.54) is 16.0 Å². The summed E-state index contributed by atoms with van der Waals surface area (Å²) in [5.41, 5.74) is 3.22. The highest BCUT2D eigenvalue weighted by molar-refractivity contribution is 6.04. The maximum Gasteiger partial charge on any atom is 0.325 e. The molecule has 8 heteroatoms. The third kappa shape index (κ3) is 3.81. The highest BCUT2D eigenvalue weighted by Crippen LogP contribution is 2.33. The second kappa shape index (κ2) is 7.94. The first-order valence-electron chi connectivity index (χ1n) is 10.4. The molecule has 8 nitrogen and oxygen atoms in total. The maximum atomic E-state index is 12.8. The average molecular weight is 421 g/mol. The molecule has 0 radical (unpaired) electrons. The zero-order chi connectivity index (χ0) is 21.4. The molecule has 0 spiro atoms. The number of urea groups is 1. The predicted octanol–water partition coefficient (Wildman–Crippen LogP) is 2.20. The fraction of sp³-hybridized carbons (Fsp3) is 0.348. The number of hydrogen-bond donors (Lipinski definition) is 1. The molecule has 1 unspecified atom stereocenters. The van der Waals surface area contributed by atoms with Gasteiger partial charge in [-0.25, -0.2) is 4.79 Å². The summed E-state index contributed by atoms with van der Waals surface area (Å²) in [6.45, 7) is 1.59. The van der Waals surface area contributed by atoms with Gasteiger partial charge in [0.05, 0.1) is 6.54 Å². The number of nitrogens with zero attached hydrogens (tertiary/aromatic N) is 2. The molecule has 1 fully saturated rings. The normalized spacial score (nSPS) is 19.4. The third-order valence-electron chi connectivity index (χ3n) is 6.01. The summed E-state index contributed by atoms with van der Waals surface area (Å²) in [7, 11) is 0. The van der Waals surface area contributed by atoms with Crippen LogP contribution in [0.5, 0.6) is 11.5 Å². The summed E-state index contributed by atoms with van der Waals surface area (Å²) in [5, 5.41) is 2.71. The first-order chi connectivity index (χ1) is 15.1. The number of carbonyl (C=O) groups excluding carboxylic acids is 3. The number of rotatable bonds is 5. The van der Waals surface area contributed by atoms with Crippen LogP contribution < -0.4 is 14.8 Å². The molecule has 1 atom stereocenters. The lowest BCUT2D eigenvalue weighted by Crippen LogP contribution is -2.37. The van der Waals surface area contributed by atoms with Crippen molar-refractivity contribution in [2.45, 2.75) is 38.4 Å². The molecular formula is C23H23N3O5. The van der Waals surface area contributed by atoms with Crippen molar-refractivity contribution in [1.29, 1.82) is 0 Å². The Labute approximate surface area is 179 Å². The monoisotopic (exact) mass is 421 g/mol. The lowest BCUT2D eigenvalue weighted by atomic mass is 9.99. The molecule has 0 saturated carbocycles. The van der Waals surface area contributed by atoms with E-state index in [4.69, 9.17) is 9.47 Å². The van der Waals surface area contributed by atoms with Crippen LogP contribution in [-0.2, 0) is 29.1 Å². The van der Waals surface area contributed by atoms with Gasteiger partial charge in [-0.3, -0.25) is 14.5 Å². The van der Waals surface area contributed by atoms with Crippen LogP contribution in [-0.4, -0.2) is 47.0 Å². The van der Waals surface area contributed by atoms with E-state index in [2.05, 4.69) is 11.4 Å². The number of carbonyl (C=O) groups is 3. The van der Waals surface area contributed by atoms with E-state index in [1.54, 1.807) is 18.2 Å². The van der Waals surface area contributed by atoms with Gasteiger partial charge in [0.25, 0.3) is 5.91 Å². The van der Waals surface area contributed by atoms with Crippen molar-refractivity contribution in [2.75, 3.05) is 13.3 Å². The van der Waals surface area contributed by atoms with Crippen molar-refractivity contribution in [3.63, 3.8) is 0 Å². The number of ether oxygens (including phenoxy) is 2. The molecule has 5 rings (SSSR count). The molecule has 3 heterocycles. The minimum atomic E-state index is -0.678. The van der Waals surface area contributed by atoms with Crippen molar-refractivity contribution in [3.8, 4) is 11.5 Å². The summed E-state index contributed by atoms with van der Waals surface area (Å²) in [5.74, 6) is 0.956. The van der Waals surface area contributed by atoms with E-state index in [0.717, 1.165) is 12.0 Å². The molecule has 0 aliphatic carbocycles. The predicted molar refractivity (Wildman–Crippen MR) is 110 cm³/mol. The topological polar surface area (TPSA) is 88.2 Å². The number of benzene rings is 2. The van der Waals surface area contributed by atoms with Crippen molar-refractivity contribution in [3.05, 3.63) is 59.2 Å². The van der Waals surface area contributed by atoms with Crippen LogP contribution in [0.2, 0.25) is 0 Å². The molecule has 31 heavy (non-hydrogen) atoms. The van der Waals surface area contributed by atoms with E-state index in [-0.39, 0.29) is 31.6 Å². The van der Waals surface area contributed by atoms with Gasteiger partial charge in [0.1, 0.15) is 6.04 Å². The van der Waals surface area contributed by atoms with Gasteiger partial charge in [-0.2, -0.15) is 0 Å². The number of nitrogens with one attached hydrogen (secondary N) is 1. The van der Waals surface area contributed by atoms with Crippen LogP contribution >= 0.6 is 0 Å². The van der Waals surface area contributed by atoms with Crippen LogP contribution in [0.25, 0.3) is 0 Å². The summed E-state index contributed by atoms with van der Waals surface area (Å²) < 4.78 is 10.6. The van der Waals surface area contributed by atoms with Crippen molar-refractivity contribution < 1.29 is 23.9 Å². The summed E-state index contributed by atoms with van der Waals surface area (Å²) in [6.07, 6.45) is 1.35. The number of imide groups is 1. The van der Waals surface area contributed by atoms with Crippen LogP contribution in [0.3, 0.4) is 0 Å². The van der Waals surface area contributed by atoms with Gasteiger partial charge in [-0.15, -0.1) is 0 Å². The second-order valence-corrected chi connectivity index (χ2v) is 7.99. The Bertz CT molecular complexity index is 1050. The molecule has 2 aromatic carbocycles. The molecule has 160 valence electrons. The van der Waals surface area contributed by atoms with E-state index >= 15 is 0 Å². The molecule has 1 N–H and O–H groups in total. The van der Waals surface area contributed by atoms with E-state index in [0.29, 0.717) is 31.0 Å². The Morgan fingerprint density at radius 1 is 1.06 bits per heavy atom. The minimum Gasteiger partial charge on any atom is -0.454 e. The molecule has 3 aliphatic rings. The molecule has 0 bridgehead atoms. The first-order valence-corrected chi connectivity index (χ1v) is 10.4. The molecule has 0 aromatic heterocycles. The third-order valence-corrected chi connectivity index (χ3v) is 6.01. The Kier molecular flexibility index (Phi) is 4.97.